The fourth-order valence-electron chi connectivity index (χ4n) is 3.97. The largest absolute Gasteiger partial charge is 0.365 e. The number of piperidine rings is 1. The zero-order chi connectivity index (χ0) is 17.8. The fourth-order valence-corrected chi connectivity index (χ4v) is 4.27. The van der Waals surface area contributed by atoms with E-state index in [9.17, 15) is 4.79 Å². The third kappa shape index (κ3) is 2.27. The maximum Gasteiger partial charge on any atom is 0.287 e. The molecule has 2 bridgehead atoms. The Morgan fingerprint density at radius 2 is 1.85 bits per heavy atom. The van der Waals surface area contributed by atoms with Crippen LogP contribution in [0.15, 0.2) is 41.5 Å². The standard InChI is InChI=1S/C18H17ClN6O/c1-23-18(26)17(19)15(7-21-23)24-9-11-6-12(10-24)25(11)16-8-20-13-4-2-3-5-14(13)22-16/h2-5,7-8,11-12H,6,9-10H2,1H3. The zero-order valence-electron chi connectivity index (χ0n) is 14.2. The van der Waals surface area contributed by atoms with E-state index in [0.717, 1.165) is 36.4 Å². The molecule has 6 rings (SSSR count). The van der Waals surface area contributed by atoms with Crippen molar-refractivity contribution >= 4 is 34.1 Å². The molecular formula is C18H17ClN6O. The van der Waals surface area contributed by atoms with E-state index in [-0.39, 0.29) is 10.6 Å². The topological polar surface area (TPSA) is 67.2 Å². The number of aryl methyl sites for hydroxylation is 1. The molecule has 3 aliphatic heterocycles. The first kappa shape index (κ1) is 15.6. The van der Waals surface area contributed by atoms with Gasteiger partial charge in [-0.2, -0.15) is 5.10 Å². The summed E-state index contributed by atoms with van der Waals surface area (Å²) in [6.07, 6.45) is 4.64. The number of rotatable bonds is 2. The third-order valence-electron chi connectivity index (χ3n) is 5.29. The number of piperazine rings is 1. The highest BCUT2D eigenvalue weighted by atomic mass is 35.5. The Bertz CT molecular complexity index is 1050. The highest BCUT2D eigenvalue weighted by molar-refractivity contribution is 6.33. The molecule has 3 aromatic rings. The van der Waals surface area contributed by atoms with Crippen molar-refractivity contribution in [2.75, 3.05) is 22.9 Å². The van der Waals surface area contributed by atoms with Gasteiger partial charge in [0.25, 0.3) is 5.56 Å². The summed E-state index contributed by atoms with van der Waals surface area (Å²) in [5.74, 6) is 0.915. The number of hydrogen-bond donors (Lipinski definition) is 0. The van der Waals surface area contributed by atoms with Crippen molar-refractivity contribution in [1.82, 2.24) is 19.7 Å². The Morgan fingerprint density at radius 3 is 2.62 bits per heavy atom. The van der Waals surface area contributed by atoms with Gasteiger partial charge >= 0.3 is 0 Å². The van der Waals surface area contributed by atoms with E-state index in [1.807, 2.05) is 30.5 Å². The number of fused-ring (bicyclic) bond motifs is 3. The molecule has 8 heteroatoms. The molecule has 5 heterocycles. The van der Waals surface area contributed by atoms with Crippen LogP contribution in [0.1, 0.15) is 6.42 Å². The lowest BCUT2D eigenvalue weighted by atomic mass is 9.87. The Balaban J connectivity index is 1.42. The molecule has 7 nitrogen and oxygen atoms in total. The van der Waals surface area contributed by atoms with Crippen molar-refractivity contribution in [3.8, 4) is 0 Å². The van der Waals surface area contributed by atoms with E-state index in [2.05, 4.69) is 19.9 Å². The second kappa shape index (κ2) is 5.67. The van der Waals surface area contributed by atoms with E-state index < -0.39 is 0 Å². The molecule has 0 spiro atoms. The Kier molecular flexibility index (Phi) is 3.40. The molecule has 1 aromatic carbocycles. The molecule has 26 heavy (non-hydrogen) atoms. The number of hydrogen-bond acceptors (Lipinski definition) is 6. The molecule has 3 aliphatic rings. The second-order valence-electron chi connectivity index (χ2n) is 6.85. The molecule has 2 unspecified atom stereocenters. The molecule has 3 saturated heterocycles. The SMILES string of the molecule is Cn1ncc(N2CC3CC(C2)N3c2cnc3ccccc3n2)c(Cl)c1=O. The highest BCUT2D eigenvalue weighted by Gasteiger charge is 2.46. The summed E-state index contributed by atoms with van der Waals surface area (Å²) in [5, 5.41) is 4.34. The number of para-hydroxylation sites is 2. The van der Waals surface area contributed by atoms with Crippen molar-refractivity contribution in [2.24, 2.45) is 7.05 Å². The van der Waals surface area contributed by atoms with Crippen LogP contribution in [-0.4, -0.2) is 44.9 Å². The Labute approximate surface area is 154 Å². The minimum absolute atomic E-state index is 0.237. The first-order chi connectivity index (χ1) is 12.6. The third-order valence-corrected chi connectivity index (χ3v) is 5.65. The second-order valence-corrected chi connectivity index (χ2v) is 7.22. The van der Waals surface area contributed by atoms with Crippen LogP contribution >= 0.6 is 11.6 Å². The fraction of sp³-hybridized carbons (Fsp3) is 0.333. The van der Waals surface area contributed by atoms with E-state index >= 15 is 0 Å². The minimum atomic E-state index is -0.263. The van der Waals surface area contributed by atoms with Crippen LogP contribution in [-0.2, 0) is 7.05 Å². The lowest BCUT2D eigenvalue weighted by Gasteiger charge is -2.57. The number of benzene rings is 1. The van der Waals surface area contributed by atoms with Gasteiger partial charge in [0.1, 0.15) is 10.8 Å². The van der Waals surface area contributed by atoms with Crippen LogP contribution in [0, 0.1) is 0 Å². The number of aromatic nitrogens is 4. The van der Waals surface area contributed by atoms with Gasteiger partial charge in [-0.25, -0.2) is 9.67 Å². The van der Waals surface area contributed by atoms with Gasteiger partial charge in [0.15, 0.2) is 0 Å². The number of anilines is 2. The molecule has 2 aromatic heterocycles. The van der Waals surface area contributed by atoms with Crippen LogP contribution in [0.5, 0.6) is 0 Å². The summed E-state index contributed by atoms with van der Waals surface area (Å²) in [6, 6.07) is 8.57. The molecule has 0 radical (unpaired) electrons. The first-order valence-corrected chi connectivity index (χ1v) is 8.96. The van der Waals surface area contributed by atoms with Crippen LogP contribution in [0.2, 0.25) is 5.02 Å². The van der Waals surface area contributed by atoms with Gasteiger partial charge in [0.05, 0.1) is 41.2 Å². The van der Waals surface area contributed by atoms with Crippen molar-refractivity contribution in [3.05, 3.63) is 52.0 Å². The van der Waals surface area contributed by atoms with Crippen LogP contribution < -0.4 is 15.4 Å². The molecule has 0 saturated carbocycles. The van der Waals surface area contributed by atoms with Crippen LogP contribution in [0.3, 0.4) is 0 Å². The zero-order valence-corrected chi connectivity index (χ0v) is 15.0. The van der Waals surface area contributed by atoms with Gasteiger partial charge in [-0.1, -0.05) is 23.7 Å². The Hall–Kier alpha value is -2.67. The molecule has 132 valence electrons. The molecule has 2 atom stereocenters. The summed E-state index contributed by atoms with van der Waals surface area (Å²) in [7, 11) is 1.60. The van der Waals surface area contributed by atoms with E-state index in [4.69, 9.17) is 16.6 Å². The number of nitrogens with zero attached hydrogens (tertiary/aromatic N) is 6. The Morgan fingerprint density at radius 1 is 1.12 bits per heavy atom. The van der Waals surface area contributed by atoms with Gasteiger partial charge in [0.2, 0.25) is 0 Å². The van der Waals surface area contributed by atoms with Crippen molar-refractivity contribution in [2.45, 2.75) is 18.5 Å². The summed E-state index contributed by atoms with van der Waals surface area (Å²) in [6.45, 7) is 1.58. The van der Waals surface area contributed by atoms with Crippen molar-refractivity contribution in [1.29, 1.82) is 0 Å². The normalized spacial score (nSPS) is 21.8. The molecule has 0 aliphatic carbocycles. The summed E-state index contributed by atoms with van der Waals surface area (Å²) in [4.78, 5) is 25.8. The van der Waals surface area contributed by atoms with Crippen molar-refractivity contribution < 1.29 is 0 Å². The average Bonchev–Trinajstić information content (AvgIpc) is 2.66. The molecule has 0 amide bonds. The predicted octanol–water partition coefficient (Wildman–Crippen LogP) is 1.84. The van der Waals surface area contributed by atoms with Gasteiger partial charge < -0.3 is 9.80 Å². The van der Waals surface area contributed by atoms with Crippen LogP contribution in [0.4, 0.5) is 11.5 Å². The molecular weight excluding hydrogens is 352 g/mol. The molecule has 0 N–H and O–H groups in total. The van der Waals surface area contributed by atoms with E-state index in [1.165, 1.54) is 4.68 Å². The number of halogens is 1. The lowest BCUT2D eigenvalue weighted by Crippen LogP contribution is -2.69. The maximum atomic E-state index is 12.0. The van der Waals surface area contributed by atoms with Crippen LogP contribution in [0.25, 0.3) is 11.0 Å². The van der Waals surface area contributed by atoms with E-state index in [1.54, 1.807) is 13.2 Å². The summed E-state index contributed by atoms with van der Waals surface area (Å²) >= 11 is 6.26. The van der Waals surface area contributed by atoms with Gasteiger partial charge in [-0.05, 0) is 18.6 Å². The average molecular weight is 369 g/mol. The summed E-state index contributed by atoms with van der Waals surface area (Å²) < 4.78 is 1.26. The van der Waals surface area contributed by atoms with E-state index in [0.29, 0.717) is 17.8 Å². The van der Waals surface area contributed by atoms with Gasteiger partial charge in [-0.15, -0.1) is 0 Å². The smallest absolute Gasteiger partial charge is 0.287 e. The highest BCUT2D eigenvalue weighted by Crippen LogP contribution is 2.38. The summed E-state index contributed by atoms with van der Waals surface area (Å²) in [5.41, 5.74) is 2.27. The predicted molar refractivity (Wildman–Crippen MR) is 101 cm³/mol. The first-order valence-electron chi connectivity index (χ1n) is 8.58. The minimum Gasteiger partial charge on any atom is -0.365 e. The monoisotopic (exact) mass is 368 g/mol. The quantitative estimate of drug-likeness (QED) is 0.687. The van der Waals surface area contributed by atoms with Crippen molar-refractivity contribution in [3.63, 3.8) is 0 Å². The molecule has 3 fully saturated rings. The maximum absolute atomic E-state index is 12.0. The lowest BCUT2D eigenvalue weighted by molar-refractivity contribution is 0.288. The van der Waals surface area contributed by atoms with Gasteiger partial charge in [0, 0.05) is 20.1 Å². The van der Waals surface area contributed by atoms with Gasteiger partial charge in [-0.3, -0.25) is 9.78 Å².